The van der Waals surface area contributed by atoms with Gasteiger partial charge in [0.05, 0.1) is 11.6 Å². The summed E-state index contributed by atoms with van der Waals surface area (Å²) in [5.74, 6) is 0.961. The van der Waals surface area contributed by atoms with Gasteiger partial charge >= 0.3 is 0 Å². The first-order valence-electron chi connectivity index (χ1n) is 6.48. The molecule has 2 heterocycles. The minimum absolute atomic E-state index is 0.181. The average Bonchev–Trinajstić information content (AvgIpc) is 2.99. The van der Waals surface area contributed by atoms with Crippen LogP contribution in [0.4, 0.5) is 5.69 Å². The van der Waals surface area contributed by atoms with E-state index in [1.165, 1.54) is 0 Å². The molecule has 1 aromatic carbocycles. The molecule has 2 N–H and O–H groups in total. The van der Waals surface area contributed by atoms with Gasteiger partial charge in [-0.3, -0.25) is 4.98 Å². The number of H-pyrrole nitrogens is 1. The Bertz CT molecular complexity index is 655. The number of anilines is 1. The topological polar surface area (TPSA) is 53.6 Å². The molecule has 0 amide bonds. The maximum absolute atomic E-state index is 4.37. The highest BCUT2D eigenvalue weighted by Crippen LogP contribution is 2.26. The molecule has 0 saturated heterocycles. The minimum Gasteiger partial charge on any atom is -0.375 e. The van der Waals surface area contributed by atoms with E-state index < -0.39 is 0 Å². The number of para-hydroxylation sites is 1. The molecule has 0 spiro atoms. The van der Waals surface area contributed by atoms with E-state index in [1.807, 2.05) is 36.7 Å². The van der Waals surface area contributed by atoms with E-state index in [-0.39, 0.29) is 6.04 Å². The highest BCUT2D eigenvalue weighted by molar-refractivity contribution is 5.90. The summed E-state index contributed by atoms with van der Waals surface area (Å²) in [6.07, 6.45) is 6.43. The first-order valence-corrected chi connectivity index (χ1v) is 6.48. The number of aromatic amines is 1. The summed E-state index contributed by atoms with van der Waals surface area (Å²) in [5.41, 5.74) is 2.09. The molecule has 4 nitrogen and oxygen atoms in total. The van der Waals surface area contributed by atoms with Crippen LogP contribution in [0.1, 0.15) is 25.2 Å². The Morgan fingerprint density at radius 1 is 1.16 bits per heavy atom. The molecule has 96 valence electrons. The summed E-state index contributed by atoms with van der Waals surface area (Å²) in [6.45, 7) is 2.14. The Morgan fingerprint density at radius 2 is 2.05 bits per heavy atom. The van der Waals surface area contributed by atoms with Crippen LogP contribution in [-0.2, 0) is 0 Å². The van der Waals surface area contributed by atoms with Gasteiger partial charge in [0, 0.05) is 29.7 Å². The number of nitrogens with zero attached hydrogens (tertiary/aromatic N) is 2. The Labute approximate surface area is 111 Å². The van der Waals surface area contributed by atoms with Gasteiger partial charge in [-0.15, -0.1) is 0 Å². The van der Waals surface area contributed by atoms with Gasteiger partial charge in [-0.25, -0.2) is 4.98 Å². The highest BCUT2D eigenvalue weighted by atomic mass is 15.0. The van der Waals surface area contributed by atoms with Crippen LogP contribution in [-0.4, -0.2) is 15.0 Å². The number of hydrogen-bond acceptors (Lipinski definition) is 3. The lowest BCUT2D eigenvalue weighted by atomic mass is 10.1. The second kappa shape index (κ2) is 5.10. The van der Waals surface area contributed by atoms with Gasteiger partial charge in [0.1, 0.15) is 5.82 Å². The molecule has 0 radical (unpaired) electrons. The Balaban J connectivity index is 1.96. The van der Waals surface area contributed by atoms with Crippen molar-refractivity contribution in [3.63, 3.8) is 0 Å². The van der Waals surface area contributed by atoms with Crippen LogP contribution in [0.3, 0.4) is 0 Å². The zero-order valence-corrected chi connectivity index (χ0v) is 10.8. The van der Waals surface area contributed by atoms with Gasteiger partial charge in [-0.2, -0.15) is 0 Å². The third-order valence-corrected chi connectivity index (χ3v) is 3.24. The highest BCUT2D eigenvalue weighted by Gasteiger charge is 2.12. The fourth-order valence-electron chi connectivity index (χ4n) is 2.24. The number of imidazole rings is 1. The summed E-state index contributed by atoms with van der Waals surface area (Å²) < 4.78 is 0. The average molecular weight is 252 g/mol. The molecule has 0 aliphatic heterocycles. The lowest BCUT2D eigenvalue weighted by Crippen LogP contribution is -2.11. The van der Waals surface area contributed by atoms with Gasteiger partial charge in [-0.1, -0.05) is 25.1 Å². The van der Waals surface area contributed by atoms with E-state index in [0.29, 0.717) is 0 Å². The molecule has 1 atom stereocenters. The maximum Gasteiger partial charge on any atom is 0.128 e. The molecular formula is C15H16N4. The van der Waals surface area contributed by atoms with E-state index >= 15 is 0 Å². The van der Waals surface area contributed by atoms with Gasteiger partial charge in [0.15, 0.2) is 0 Å². The van der Waals surface area contributed by atoms with E-state index in [0.717, 1.165) is 28.8 Å². The number of nitrogens with one attached hydrogen (secondary N) is 2. The van der Waals surface area contributed by atoms with Crippen molar-refractivity contribution in [2.75, 3.05) is 5.32 Å². The van der Waals surface area contributed by atoms with Gasteiger partial charge < -0.3 is 10.3 Å². The standard InChI is InChI=1S/C15H16N4/c1-2-12(15-17-9-10-18-15)19-14-7-8-16-13-6-4-3-5-11(13)14/h3-10,12H,2H2,1H3,(H,16,19)(H,17,18). The Morgan fingerprint density at radius 3 is 2.84 bits per heavy atom. The molecule has 2 aromatic heterocycles. The maximum atomic E-state index is 4.37. The van der Waals surface area contributed by atoms with E-state index in [4.69, 9.17) is 0 Å². The van der Waals surface area contributed by atoms with Crippen molar-refractivity contribution >= 4 is 16.6 Å². The molecule has 1 unspecified atom stereocenters. The monoisotopic (exact) mass is 252 g/mol. The summed E-state index contributed by atoms with van der Waals surface area (Å²) in [6, 6.07) is 10.3. The zero-order chi connectivity index (χ0) is 13.1. The van der Waals surface area contributed by atoms with Crippen molar-refractivity contribution in [1.29, 1.82) is 0 Å². The molecule has 0 fully saturated rings. The molecule has 19 heavy (non-hydrogen) atoms. The molecule has 4 heteroatoms. The van der Waals surface area contributed by atoms with E-state index in [1.54, 1.807) is 6.20 Å². The second-order valence-electron chi connectivity index (χ2n) is 4.46. The first-order chi connectivity index (χ1) is 9.38. The van der Waals surface area contributed by atoms with Gasteiger partial charge in [-0.05, 0) is 18.6 Å². The lowest BCUT2D eigenvalue weighted by molar-refractivity contribution is 0.705. The van der Waals surface area contributed by atoms with Crippen molar-refractivity contribution in [3.05, 3.63) is 54.7 Å². The number of hydrogen-bond donors (Lipinski definition) is 2. The first kappa shape index (κ1) is 11.7. The second-order valence-corrected chi connectivity index (χ2v) is 4.46. The fraction of sp³-hybridized carbons (Fsp3) is 0.200. The molecule has 0 aliphatic rings. The lowest BCUT2D eigenvalue weighted by Gasteiger charge is -2.17. The van der Waals surface area contributed by atoms with Crippen molar-refractivity contribution in [3.8, 4) is 0 Å². The number of fused-ring (bicyclic) bond motifs is 1. The normalized spacial score (nSPS) is 12.5. The smallest absolute Gasteiger partial charge is 0.128 e. The van der Waals surface area contributed by atoms with Crippen molar-refractivity contribution in [1.82, 2.24) is 15.0 Å². The Hall–Kier alpha value is -2.36. The predicted octanol–water partition coefficient (Wildman–Crippen LogP) is 3.52. The number of rotatable bonds is 4. The van der Waals surface area contributed by atoms with Crippen LogP contribution in [0.15, 0.2) is 48.9 Å². The fourth-order valence-corrected chi connectivity index (χ4v) is 2.24. The van der Waals surface area contributed by atoms with Crippen LogP contribution in [0.25, 0.3) is 10.9 Å². The van der Waals surface area contributed by atoms with Crippen LogP contribution in [0.5, 0.6) is 0 Å². The van der Waals surface area contributed by atoms with Crippen LogP contribution >= 0.6 is 0 Å². The summed E-state index contributed by atoms with van der Waals surface area (Å²) in [4.78, 5) is 11.9. The van der Waals surface area contributed by atoms with E-state index in [9.17, 15) is 0 Å². The van der Waals surface area contributed by atoms with Crippen molar-refractivity contribution in [2.45, 2.75) is 19.4 Å². The minimum atomic E-state index is 0.181. The van der Waals surface area contributed by atoms with Crippen molar-refractivity contribution < 1.29 is 0 Å². The molecular weight excluding hydrogens is 236 g/mol. The van der Waals surface area contributed by atoms with E-state index in [2.05, 4.69) is 33.3 Å². The molecule has 3 aromatic rings. The predicted molar refractivity (Wildman–Crippen MR) is 77.0 cm³/mol. The molecule has 0 aliphatic carbocycles. The Kier molecular flexibility index (Phi) is 3.14. The number of pyridine rings is 1. The number of aromatic nitrogens is 3. The van der Waals surface area contributed by atoms with Crippen molar-refractivity contribution in [2.24, 2.45) is 0 Å². The molecule has 3 rings (SSSR count). The third kappa shape index (κ3) is 2.29. The quantitative estimate of drug-likeness (QED) is 0.747. The zero-order valence-electron chi connectivity index (χ0n) is 10.8. The largest absolute Gasteiger partial charge is 0.375 e. The molecule has 0 saturated carbocycles. The van der Waals surface area contributed by atoms with Crippen LogP contribution in [0.2, 0.25) is 0 Å². The van der Waals surface area contributed by atoms with Crippen LogP contribution < -0.4 is 5.32 Å². The van der Waals surface area contributed by atoms with Gasteiger partial charge in [0.25, 0.3) is 0 Å². The summed E-state index contributed by atoms with van der Waals surface area (Å²) >= 11 is 0. The molecule has 0 bridgehead atoms. The van der Waals surface area contributed by atoms with Crippen LogP contribution in [0, 0.1) is 0 Å². The summed E-state index contributed by atoms with van der Waals surface area (Å²) in [7, 11) is 0. The number of benzene rings is 1. The van der Waals surface area contributed by atoms with Gasteiger partial charge in [0.2, 0.25) is 0 Å². The SMILES string of the molecule is CCC(Nc1ccnc2ccccc12)c1ncc[nH]1. The third-order valence-electron chi connectivity index (χ3n) is 3.24. The summed E-state index contributed by atoms with van der Waals surface area (Å²) in [5, 5.41) is 4.67.